The molecule has 3 aromatic rings. The molecular weight excluding hydrogens is 378 g/mol. The van der Waals surface area contributed by atoms with Crippen molar-refractivity contribution >= 4 is 29.0 Å². The lowest BCUT2D eigenvalue weighted by molar-refractivity contribution is 0.0787. The van der Waals surface area contributed by atoms with Crippen LogP contribution in [0.4, 0.5) is 0 Å². The number of benzene rings is 2. The molecule has 2 heterocycles. The van der Waals surface area contributed by atoms with Gasteiger partial charge in [0.25, 0.3) is 5.91 Å². The second-order valence-electron chi connectivity index (χ2n) is 6.07. The molecule has 1 aliphatic rings. The molecule has 27 heavy (non-hydrogen) atoms. The molecule has 1 N–H and O–H groups in total. The van der Waals surface area contributed by atoms with Crippen molar-refractivity contribution in [2.24, 2.45) is 0 Å². The van der Waals surface area contributed by atoms with Gasteiger partial charge >= 0.3 is 0 Å². The number of hydrogen-bond donors (Lipinski definition) is 1. The van der Waals surface area contributed by atoms with E-state index in [9.17, 15) is 4.79 Å². The number of nitrogens with one attached hydrogen (secondary N) is 1. The first-order chi connectivity index (χ1) is 13.3. The number of carbonyl (C=O) groups excluding carboxylic acids is 1. The molecule has 1 atom stereocenters. The van der Waals surface area contributed by atoms with Crippen LogP contribution in [0.1, 0.15) is 15.2 Å². The zero-order valence-corrected chi connectivity index (χ0v) is 16.2. The molecule has 0 spiro atoms. The Morgan fingerprint density at radius 2 is 1.89 bits per heavy atom. The standard InChI is InChI=1S/C21H19NO3S2/c23-21(22-12-15-13-24-18-8-2-3-9-19(18)25-15)17-7-1-4-10-20(17)27-14-16-6-5-11-26-16/h1-11,15H,12-14H2,(H,22,23)/t15-/m0/s1. The van der Waals surface area contributed by atoms with E-state index >= 15 is 0 Å². The number of hydrogen-bond acceptors (Lipinski definition) is 5. The van der Waals surface area contributed by atoms with Crippen molar-refractivity contribution in [2.75, 3.05) is 13.2 Å². The fourth-order valence-corrected chi connectivity index (χ4v) is 4.61. The molecule has 0 bridgehead atoms. The van der Waals surface area contributed by atoms with Crippen LogP contribution in [0.25, 0.3) is 0 Å². The third-order valence-corrected chi connectivity index (χ3v) is 6.32. The Bertz CT molecular complexity index is 911. The van der Waals surface area contributed by atoms with Gasteiger partial charge in [0.15, 0.2) is 11.5 Å². The van der Waals surface area contributed by atoms with Crippen LogP contribution in [-0.2, 0) is 5.75 Å². The molecule has 0 saturated carbocycles. The first kappa shape index (κ1) is 17.9. The number of rotatable bonds is 6. The Morgan fingerprint density at radius 3 is 2.74 bits per heavy atom. The third kappa shape index (κ3) is 4.46. The number of ether oxygens (including phenoxy) is 2. The highest BCUT2D eigenvalue weighted by Crippen LogP contribution is 2.31. The lowest BCUT2D eigenvalue weighted by Gasteiger charge is -2.26. The first-order valence-corrected chi connectivity index (χ1v) is 10.6. The Hall–Kier alpha value is -2.44. The van der Waals surface area contributed by atoms with E-state index in [0.717, 1.165) is 22.1 Å². The summed E-state index contributed by atoms with van der Waals surface area (Å²) >= 11 is 3.41. The lowest BCUT2D eigenvalue weighted by Crippen LogP contribution is -2.40. The summed E-state index contributed by atoms with van der Waals surface area (Å²) in [6, 6.07) is 19.4. The zero-order chi connectivity index (χ0) is 18.5. The van der Waals surface area contributed by atoms with Gasteiger partial charge in [0.05, 0.1) is 12.1 Å². The Morgan fingerprint density at radius 1 is 1.07 bits per heavy atom. The summed E-state index contributed by atoms with van der Waals surface area (Å²) in [5.74, 6) is 2.23. The maximum Gasteiger partial charge on any atom is 0.252 e. The number of thiophene rings is 1. The second kappa shape index (κ2) is 8.50. The van der Waals surface area contributed by atoms with Crippen LogP contribution < -0.4 is 14.8 Å². The van der Waals surface area contributed by atoms with E-state index in [4.69, 9.17) is 9.47 Å². The predicted molar refractivity (Wildman–Crippen MR) is 109 cm³/mol. The van der Waals surface area contributed by atoms with E-state index in [1.54, 1.807) is 23.1 Å². The molecule has 0 unspecified atom stereocenters. The highest BCUT2D eigenvalue weighted by molar-refractivity contribution is 7.98. The van der Waals surface area contributed by atoms with Crippen LogP contribution in [0.5, 0.6) is 11.5 Å². The van der Waals surface area contributed by atoms with E-state index in [1.165, 1.54) is 4.88 Å². The van der Waals surface area contributed by atoms with Gasteiger partial charge in [-0.25, -0.2) is 0 Å². The van der Waals surface area contributed by atoms with Gasteiger partial charge in [0, 0.05) is 15.5 Å². The van der Waals surface area contributed by atoms with Gasteiger partial charge in [0.2, 0.25) is 0 Å². The van der Waals surface area contributed by atoms with Crippen molar-refractivity contribution in [3.8, 4) is 11.5 Å². The molecule has 1 amide bonds. The fraction of sp³-hybridized carbons (Fsp3) is 0.190. The maximum atomic E-state index is 12.7. The molecule has 0 saturated heterocycles. The van der Waals surface area contributed by atoms with Crippen LogP contribution in [0.15, 0.2) is 70.9 Å². The topological polar surface area (TPSA) is 47.6 Å². The Kier molecular flexibility index (Phi) is 5.65. The minimum Gasteiger partial charge on any atom is -0.486 e. The summed E-state index contributed by atoms with van der Waals surface area (Å²) in [5.41, 5.74) is 0.691. The molecule has 2 aromatic carbocycles. The summed E-state index contributed by atoms with van der Waals surface area (Å²) in [6.45, 7) is 0.823. The molecule has 4 rings (SSSR count). The monoisotopic (exact) mass is 397 g/mol. The maximum absolute atomic E-state index is 12.7. The molecule has 0 radical (unpaired) electrons. The molecule has 1 aromatic heterocycles. The fourth-order valence-electron chi connectivity index (χ4n) is 2.79. The lowest BCUT2D eigenvalue weighted by atomic mass is 10.2. The number of carbonyl (C=O) groups is 1. The van der Waals surface area contributed by atoms with Crippen LogP contribution in [-0.4, -0.2) is 25.2 Å². The van der Waals surface area contributed by atoms with Gasteiger partial charge in [-0.1, -0.05) is 30.3 Å². The van der Waals surface area contributed by atoms with Crippen molar-refractivity contribution < 1.29 is 14.3 Å². The van der Waals surface area contributed by atoms with Crippen LogP contribution in [0.3, 0.4) is 0 Å². The van der Waals surface area contributed by atoms with Gasteiger partial charge in [-0.15, -0.1) is 23.1 Å². The van der Waals surface area contributed by atoms with E-state index in [-0.39, 0.29) is 12.0 Å². The van der Waals surface area contributed by atoms with E-state index < -0.39 is 0 Å². The van der Waals surface area contributed by atoms with Gasteiger partial charge in [0.1, 0.15) is 12.7 Å². The predicted octanol–water partition coefficient (Wildman–Crippen LogP) is 4.61. The molecule has 6 heteroatoms. The SMILES string of the molecule is O=C(NC[C@H]1COc2ccccc2O1)c1ccccc1SCc1cccs1. The van der Waals surface area contributed by atoms with Crippen molar-refractivity contribution in [1.82, 2.24) is 5.32 Å². The number of fused-ring (bicyclic) bond motifs is 1. The highest BCUT2D eigenvalue weighted by atomic mass is 32.2. The van der Waals surface area contributed by atoms with Gasteiger partial charge in [-0.3, -0.25) is 4.79 Å². The zero-order valence-electron chi connectivity index (χ0n) is 14.6. The summed E-state index contributed by atoms with van der Waals surface area (Å²) in [6.07, 6.45) is -0.199. The molecule has 0 aliphatic carbocycles. The summed E-state index contributed by atoms with van der Waals surface area (Å²) in [7, 11) is 0. The molecule has 138 valence electrons. The quantitative estimate of drug-likeness (QED) is 0.617. The first-order valence-electron chi connectivity index (χ1n) is 8.70. The summed E-state index contributed by atoms with van der Waals surface area (Å²) < 4.78 is 11.6. The highest BCUT2D eigenvalue weighted by Gasteiger charge is 2.21. The number of para-hydroxylation sites is 2. The average molecular weight is 398 g/mol. The number of thioether (sulfide) groups is 1. The van der Waals surface area contributed by atoms with Gasteiger partial charge in [-0.2, -0.15) is 0 Å². The minimum absolute atomic E-state index is 0.0910. The minimum atomic E-state index is -0.199. The van der Waals surface area contributed by atoms with Crippen molar-refractivity contribution in [3.05, 3.63) is 76.5 Å². The van der Waals surface area contributed by atoms with Crippen molar-refractivity contribution in [3.63, 3.8) is 0 Å². The Labute approximate surface area is 166 Å². The number of amides is 1. The molecular formula is C21H19NO3S2. The van der Waals surface area contributed by atoms with Gasteiger partial charge in [-0.05, 0) is 35.7 Å². The molecule has 1 aliphatic heterocycles. The second-order valence-corrected chi connectivity index (χ2v) is 8.12. The van der Waals surface area contributed by atoms with Crippen molar-refractivity contribution in [1.29, 1.82) is 0 Å². The van der Waals surface area contributed by atoms with Crippen LogP contribution in [0, 0.1) is 0 Å². The van der Waals surface area contributed by atoms with Gasteiger partial charge < -0.3 is 14.8 Å². The summed E-state index contributed by atoms with van der Waals surface area (Å²) in [4.78, 5) is 15.0. The van der Waals surface area contributed by atoms with E-state index in [1.807, 2.05) is 54.6 Å². The third-order valence-electron chi connectivity index (χ3n) is 4.14. The summed E-state index contributed by atoms with van der Waals surface area (Å²) in [5, 5.41) is 5.05. The average Bonchev–Trinajstić information content (AvgIpc) is 3.24. The van der Waals surface area contributed by atoms with Crippen LogP contribution in [0.2, 0.25) is 0 Å². The van der Waals surface area contributed by atoms with Crippen LogP contribution >= 0.6 is 23.1 Å². The largest absolute Gasteiger partial charge is 0.486 e. The molecule has 0 fully saturated rings. The Balaban J connectivity index is 1.36. The smallest absolute Gasteiger partial charge is 0.252 e. The van der Waals surface area contributed by atoms with E-state index in [0.29, 0.717) is 18.7 Å². The van der Waals surface area contributed by atoms with E-state index in [2.05, 4.69) is 16.8 Å². The van der Waals surface area contributed by atoms with Crippen molar-refractivity contribution in [2.45, 2.75) is 16.8 Å². The molecule has 4 nitrogen and oxygen atoms in total. The normalized spacial score (nSPS) is 15.3.